The smallest absolute Gasteiger partial charge is 0.260 e. The SMILES string of the molecule is NNC(c1cnccn1)C(F)F. The third kappa shape index (κ3) is 1.93. The Morgan fingerprint density at radius 1 is 1.42 bits per heavy atom. The van der Waals surface area contributed by atoms with E-state index in [1.54, 1.807) is 0 Å². The molecule has 0 aliphatic carbocycles. The second-order valence-electron chi connectivity index (χ2n) is 2.11. The first-order valence-corrected chi connectivity index (χ1v) is 3.26. The second-order valence-corrected chi connectivity index (χ2v) is 2.11. The van der Waals surface area contributed by atoms with E-state index in [1.165, 1.54) is 18.6 Å². The van der Waals surface area contributed by atoms with Gasteiger partial charge in [-0.15, -0.1) is 0 Å². The fraction of sp³-hybridized carbons (Fsp3) is 0.333. The zero-order chi connectivity index (χ0) is 8.97. The van der Waals surface area contributed by atoms with Crippen molar-refractivity contribution in [3.63, 3.8) is 0 Å². The molecule has 1 heterocycles. The summed E-state index contributed by atoms with van der Waals surface area (Å²) in [5.74, 6) is 4.91. The molecule has 12 heavy (non-hydrogen) atoms. The molecule has 0 saturated carbocycles. The quantitative estimate of drug-likeness (QED) is 0.509. The van der Waals surface area contributed by atoms with Gasteiger partial charge in [-0.05, 0) is 0 Å². The highest BCUT2D eigenvalue weighted by Crippen LogP contribution is 2.15. The van der Waals surface area contributed by atoms with Crippen LogP contribution in [0.15, 0.2) is 18.6 Å². The molecular weight excluding hydrogens is 166 g/mol. The van der Waals surface area contributed by atoms with Crippen LogP contribution in [-0.2, 0) is 0 Å². The first kappa shape index (κ1) is 8.95. The van der Waals surface area contributed by atoms with E-state index in [-0.39, 0.29) is 5.69 Å². The zero-order valence-electron chi connectivity index (χ0n) is 6.11. The number of aromatic nitrogens is 2. The molecule has 0 amide bonds. The molecule has 1 aromatic heterocycles. The Kier molecular flexibility index (Phi) is 3.01. The van der Waals surface area contributed by atoms with Crippen molar-refractivity contribution in [2.24, 2.45) is 5.84 Å². The number of hydrazine groups is 1. The summed E-state index contributed by atoms with van der Waals surface area (Å²) in [6.07, 6.45) is 1.40. The van der Waals surface area contributed by atoms with Crippen LogP contribution in [0.5, 0.6) is 0 Å². The third-order valence-electron chi connectivity index (χ3n) is 1.33. The minimum absolute atomic E-state index is 0.134. The molecule has 1 atom stereocenters. The number of halogens is 2. The summed E-state index contributed by atoms with van der Waals surface area (Å²) in [7, 11) is 0. The number of nitrogens with one attached hydrogen (secondary N) is 1. The van der Waals surface area contributed by atoms with Crippen molar-refractivity contribution in [2.45, 2.75) is 12.5 Å². The topological polar surface area (TPSA) is 63.8 Å². The lowest BCUT2D eigenvalue weighted by Crippen LogP contribution is -2.33. The first-order valence-electron chi connectivity index (χ1n) is 3.26. The van der Waals surface area contributed by atoms with Gasteiger partial charge in [0.15, 0.2) is 0 Å². The largest absolute Gasteiger partial charge is 0.271 e. The van der Waals surface area contributed by atoms with Gasteiger partial charge in [0, 0.05) is 12.4 Å². The van der Waals surface area contributed by atoms with Gasteiger partial charge in [0.1, 0.15) is 6.04 Å². The van der Waals surface area contributed by atoms with Crippen LogP contribution < -0.4 is 11.3 Å². The molecular formula is C6H8F2N4. The summed E-state index contributed by atoms with van der Waals surface area (Å²) in [4.78, 5) is 7.33. The van der Waals surface area contributed by atoms with Crippen LogP contribution in [0.1, 0.15) is 11.7 Å². The fourth-order valence-corrected chi connectivity index (χ4v) is 0.758. The summed E-state index contributed by atoms with van der Waals surface area (Å²) in [6, 6.07) is -1.25. The number of hydrogen-bond donors (Lipinski definition) is 2. The molecule has 0 radical (unpaired) electrons. The lowest BCUT2D eigenvalue weighted by molar-refractivity contribution is 0.0966. The molecule has 1 aromatic rings. The van der Waals surface area contributed by atoms with Gasteiger partial charge >= 0.3 is 0 Å². The Hall–Kier alpha value is -1.14. The van der Waals surface area contributed by atoms with Gasteiger partial charge in [0.25, 0.3) is 6.43 Å². The molecule has 4 nitrogen and oxygen atoms in total. The molecule has 0 saturated heterocycles. The highest BCUT2D eigenvalue weighted by molar-refractivity contribution is 5.02. The van der Waals surface area contributed by atoms with Crippen LogP contribution in [0.2, 0.25) is 0 Å². The molecule has 0 aromatic carbocycles. The van der Waals surface area contributed by atoms with Crippen molar-refractivity contribution in [1.82, 2.24) is 15.4 Å². The van der Waals surface area contributed by atoms with E-state index < -0.39 is 12.5 Å². The Morgan fingerprint density at radius 3 is 2.58 bits per heavy atom. The van der Waals surface area contributed by atoms with E-state index in [4.69, 9.17) is 5.84 Å². The Balaban J connectivity index is 2.80. The van der Waals surface area contributed by atoms with E-state index >= 15 is 0 Å². The van der Waals surface area contributed by atoms with Gasteiger partial charge in [0.2, 0.25) is 0 Å². The highest BCUT2D eigenvalue weighted by Gasteiger charge is 2.21. The minimum Gasteiger partial charge on any atom is -0.271 e. The highest BCUT2D eigenvalue weighted by atomic mass is 19.3. The van der Waals surface area contributed by atoms with Crippen LogP contribution in [0, 0.1) is 0 Å². The normalized spacial score (nSPS) is 13.3. The molecule has 1 rings (SSSR count). The summed E-state index contributed by atoms with van der Waals surface area (Å²) in [5, 5.41) is 0. The molecule has 0 aliphatic heterocycles. The van der Waals surface area contributed by atoms with Crippen LogP contribution >= 0.6 is 0 Å². The van der Waals surface area contributed by atoms with E-state index in [0.717, 1.165) is 0 Å². The van der Waals surface area contributed by atoms with E-state index in [9.17, 15) is 8.78 Å². The van der Waals surface area contributed by atoms with Crippen LogP contribution in [0.25, 0.3) is 0 Å². The van der Waals surface area contributed by atoms with Crippen molar-refractivity contribution in [3.8, 4) is 0 Å². The first-order chi connectivity index (χ1) is 5.75. The van der Waals surface area contributed by atoms with Gasteiger partial charge in [-0.3, -0.25) is 15.8 Å². The molecule has 0 aliphatic rings. The standard InChI is InChI=1S/C6H8F2N4/c7-6(8)5(12-9)4-3-10-1-2-11-4/h1-3,5-6,12H,9H2. The summed E-state index contributed by atoms with van der Waals surface area (Å²) in [6.45, 7) is 0. The predicted molar refractivity (Wildman–Crippen MR) is 38.1 cm³/mol. The number of nitrogens with two attached hydrogens (primary N) is 1. The molecule has 0 spiro atoms. The van der Waals surface area contributed by atoms with Gasteiger partial charge in [-0.1, -0.05) is 0 Å². The maximum Gasteiger partial charge on any atom is 0.260 e. The van der Waals surface area contributed by atoms with Gasteiger partial charge in [0.05, 0.1) is 11.9 Å². The third-order valence-corrected chi connectivity index (χ3v) is 1.33. The lowest BCUT2D eigenvalue weighted by Gasteiger charge is -2.12. The van der Waals surface area contributed by atoms with Crippen LogP contribution in [0.4, 0.5) is 8.78 Å². The van der Waals surface area contributed by atoms with Crippen LogP contribution in [0.3, 0.4) is 0 Å². The number of hydrogen-bond acceptors (Lipinski definition) is 4. The molecule has 6 heteroatoms. The summed E-state index contributed by atoms with van der Waals surface area (Å²) >= 11 is 0. The number of alkyl halides is 2. The molecule has 1 unspecified atom stereocenters. The summed E-state index contributed by atoms with van der Waals surface area (Å²) < 4.78 is 24.3. The van der Waals surface area contributed by atoms with Crippen molar-refractivity contribution >= 4 is 0 Å². The molecule has 66 valence electrons. The van der Waals surface area contributed by atoms with E-state index in [2.05, 4.69) is 9.97 Å². The maximum atomic E-state index is 12.2. The second kappa shape index (κ2) is 4.03. The van der Waals surface area contributed by atoms with Gasteiger partial charge in [-0.2, -0.15) is 0 Å². The average molecular weight is 174 g/mol. The summed E-state index contributed by atoms with van der Waals surface area (Å²) in [5.41, 5.74) is 2.10. The monoisotopic (exact) mass is 174 g/mol. The maximum absolute atomic E-state index is 12.2. The van der Waals surface area contributed by atoms with Gasteiger partial charge in [-0.25, -0.2) is 14.2 Å². The molecule has 0 bridgehead atoms. The molecule has 0 fully saturated rings. The fourth-order valence-electron chi connectivity index (χ4n) is 0.758. The van der Waals surface area contributed by atoms with E-state index in [0.29, 0.717) is 0 Å². The number of nitrogens with zero attached hydrogens (tertiary/aromatic N) is 2. The molecule has 3 N–H and O–H groups in total. The Morgan fingerprint density at radius 2 is 2.17 bits per heavy atom. The van der Waals surface area contributed by atoms with Crippen molar-refractivity contribution < 1.29 is 8.78 Å². The average Bonchev–Trinajstić information content (AvgIpc) is 2.07. The van der Waals surface area contributed by atoms with Crippen molar-refractivity contribution in [1.29, 1.82) is 0 Å². The Labute approximate surface area is 67.8 Å². The lowest BCUT2D eigenvalue weighted by atomic mass is 10.2. The Bertz CT molecular complexity index is 228. The predicted octanol–water partition coefficient (Wildman–Crippen LogP) is 0.246. The van der Waals surface area contributed by atoms with Crippen molar-refractivity contribution in [2.75, 3.05) is 0 Å². The minimum atomic E-state index is -2.59. The number of rotatable bonds is 3. The van der Waals surface area contributed by atoms with Gasteiger partial charge < -0.3 is 0 Å². The zero-order valence-corrected chi connectivity index (χ0v) is 6.11. The van der Waals surface area contributed by atoms with E-state index in [1.807, 2.05) is 5.43 Å². The van der Waals surface area contributed by atoms with Crippen molar-refractivity contribution in [3.05, 3.63) is 24.3 Å². The van der Waals surface area contributed by atoms with Crippen LogP contribution in [-0.4, -0.2) is 16.4 Å².